The summed E-state index contributed by atoms with van der Waals surface area (Å²) in [4.78, 5) is 0. The molecule has 0 spiro atoms. The number of hydrogen-bond donors (Lipinski definition) is 2. The fourth-order valence-corrected chi connectivity index (χ4v) is 7.46. The normalized spacial score (nSPS) is 70.9. The van der Waals surface area contributed by atoms with Gasteiger partial charge in [-0.2, -0.15) is 0 Å². The summed E-state index contributed by atoms with van der Waals surface area (Å²) < 4.78 is 0. The van der Waals surface area contributed by atoms with Gasteiger partial charge in [0, 0.05) is 12.1 Å². The molecule has 5 aliphatic rings. The van der Waals surface area contributed by atoms with E-state index in [-0.39, 0.29) is 0 Å². The van der Waals surface area contributed by atoms with Crippen LogP contribution in [0.2, 0.25) is 0 Å². The molecule has 2 nitrogen and oxygen atoms in total. The molecule has 0 heterocycles. The van der Waals surface area contributed by atoms with Crippen LogP contribution in [0.4, 0.5) is 0 Å². The lowest BCUT2D eigenvalue weighted by atomic mass is 9.63. The third-order valence-electron chi connectivity index (χ3n) is 7.58. The molecule has 0 aliphatic heterocycles. The van der Waals surface area contributed by atoms with Gasteiger partial charge in [0.05, 0.1) is 0 Å². The second kappa shape index (κ2) is 2.91. The Bertz CT molecular complexity index is 368. The highest BCUT2D eigenvalue weighted by atomic mass is 14.8. The van der Waals surface area contributed by atoms with E-state index in [0.717, 1.165) is 47.3 Å². The Hall–Kier alpha value is -0.0800. The molecule has 0 amide bonds. The molecule has 4 N–H and O–H groups in total. The van der Waals surface area contributed by atoms with E-state index in [0.29, 0.717) is 12.1 Å². The summed E-state index contributed by atoms with van der Waals surface area (Å²) in [5, 5.41) is 0. The van der Waals surface area contributed by atoms with Crippen LogP contribution >= 0.6 is 0 Å². The van der Waals surface area contributed by atoms with Gasteiger partial charge in [0.1, 0.15) is 0 Å². The van der Waals surface area contributed by atoms with E-state index < -0.39 is 0 Å². The summed E-state index contributed by atoms with van der Waals surface area (Å²) in [6.07, 6.45) is 7.09. The van der Waals surface area contributed by atoms with Crippen molar-refractivity contribution in [3.05, 3.63) is 0 Å². The van der Waals surface area contributed by atoms with Crippen molar-refractivity contribution < 1.29 is 0 Å². The van der Waals surface area contributed by atoms with Crippen molar-refractivity contribution in [1.29, 1.82) is 0 Å². The van der Waals surface area contributed by atoms with Crippen LogP contribution in [0, 0.1) is 47.3 Å². The molecular formula is C15H24N2. The lowest BCUT2D eigenvalue weighted by molar-refractivity contribution is 0.0588. The highest BCUT2D eigenvalue weighted by Crippen LogP contribution is 2.72. The van der Waals surface area contributed by atoms with Crippen LogP contribution in [0.5, 0.6) is 0 Å². The Morgan fingerprint density at radius 3 is 2.35 bits per heavy atom. The first-order valence-electron chi connectivity index (χ1n) is 7.77. The summed E-state index contributed by atoms with van der Waals surface area (Å²) in [6, 6.07) is 1.07. The van der Waals surface area contributed by atoms with E-state index in [1.807, 2.05) is 0 Å². The Morgan fingerprint density at radius 1 is 0.588 bits per heavy atom. The Balaban J connectivity index is 1.56. The van der Waals surface area contributed by atoms with Crippen LogP contribution in [-0.2, 0) is 0 Å². The van der Waals surface area contributed by atoms with Crippen molar-refractivity contribution in [2.45, 2.75) is 44.2 Å². The summed E-state index contributed by atoms with van der Waals surface area (Å²) in [5.41, 5.74) is 12.7. The van der Waals surface area contributed by atoms with Crippen molar-refractivity contribution in [2.24, 2.45) is 58.8 Å². The average Bonchev–Trinajstić information content (AvgIpc) is 2.99. The lowest BCUT2D eigenvalue weighted by Crippen LogP contribution is -2.46. The van der Waals surface area contributed by atoms with Gasteiger partial charge in [-0.05, 0) is 79.4 Å². The molecule has 0 aromatic rings. The van der Waals surface area contributed by atoms with Crippen LogP contribution < -0.4 is 11.5 Å². The standard InChI is InChI=1S/C15H24N2/c16-11-2-1-7-8-5-10(14(7)11)15-9-3-6(13(8)15)4-12(9)17/h6-15H,1-5,16-17H2. The van der Waals surface area contributed by atoms with Crippen LogP contribution in [0.3, 0.4) is 0 Å². The van der Waals surface area contributed by atoms with Crippen LogP contribution in [0.1, 0.15) is 32.1 Å². The number of hydrogen-bond acceptors (Lipinski definition) is 2. The van der Waals surface area contributed by atoms with E-state index in [4.69, 9.17) is 11.5 Å². The molecule has 0 aromatic heterocycles. The molecule has 5 saturated carbocycles. The average molecular weight is 232 g/mol. The zero-order valence-electron chi connectivity index (χ0n) is 10.5. The van der Waals surface area contributed by atoms with Crippen molar-refractivity contribution in [3.63, 3.8) is 0 Å². The summed E-state index contributed by atoms with van der Waals surface area (Å²) in [5.74, 6) is 7.93. The quantitative estimate of drug-likeness (QED) is 0.623. The van der Waals surface area contributed by atoms with Gasteiger partial charge in [-0.25, -0.2) is 0 Å². The summed E-state index contributed by atoms with van der Waals surface area (Å²) in [6.45, 7) is 0. The van der Waals surface area contributed by atoms with Crippen molar-refractivity contribution in [3.8, 4) is 0 Å². The van der Waals surface area contributed by atoms with Crippen molar-refractivity contribution >= 4 is 0 Å². The molecule has 5 fully saturated rings. The SMILES string of the molecule is NC1CC2CC1C1C3CC(C4CCC(N)C43)C21. The summed E-state index contributed by atoms with van der Waals surface area (Å²) in [7, 11) is 0. The molecule has 94 valence electrons. The molecule has 0 saturated heterocycles. The van der Waals surface area contributed by atoms with Crippen molar-refractivity contribution in [1.82, 2.24) is 0 Å². The van der Waals surface area contributed by atoms with Gasteiger partial charge in [-0.1, -0.05) is 0 Å². The van der Waals surface area contributed by atoms with Gasteiger partial charge >= 0.3 is 0 Å². The largest absolute Gasteiger partial charge is 0.327 e. The smallest absolute Gasteiger partial charge is 0.00728 e. The molecular weight excluding hydrogens is 208 g/mol. The Labute approximate surface area is 103 Å². The lowest BCUT2D eigenvalue weighted by Gasteiger charge is -2.43. The van der Waals surface area contributed by atoms with Gasteiger partial charge in [0.2, 0.25) is 0 Å². The van der Waals surface area contributed by atoms with Gasteiger partial charge in [-0.3, -0.25) is 0 Å². The first-order chi connectivity index (χ1) is 8.25. The maximum Gasteiger partial charge on any atom is 0.00728 e. The monoisotopic (exact) mass is 232 g/mol. The second-order valence-electron chi connectivity index (χ2n) is 7.76. The molecule has 2 heteroatoms. The molecule has 4 bridgehead atoms. The first kappa shape index (κ1) is 9.80. The first-order valence-corrected chi connectivity index (χ1v) is 7.77. The van der Waals surface area contributed by atoms with Gasteiger partial charge in [0.15, 0.2) is 0 Å². The molecule has 5 aliphatic carbocycles. The van der Waals surface area contributed by atoms with Gasteiger partial charge in [0.25, 0.3) is 0 Å². The number of nitrogens with two attached hydrogens (primary N) is 2. The predicted octanol–water partition coefficient (Wildman–Crippen LogP) is 1.59. The Morgan fingerprint density at radius 2 is 1.47 bits per heavy atom. The van der Waals surface area contributed by atoms with E-state index in [1.165, 1.54) is 32.1 Å². The highest BCUT2D eigenvalue weighted by Gasteiger charge is 2.68. The number of fused-ring (bicyclic) bond motifs is 12. The minimum Gasteiger partial charge on any atom is -0.327 e. The second-order valence-corrected chi connectivity index (χ2v) is 7.76. The van der Waals surface area contributed by atoms with Crippen LogP contribution in [-0.4, -0.2) is 12.1 Å². The Kier molecular flexibility index (Phi) is 1.68. The van der Waals surface area contributed by atoms with Crippen LogP contribution in [0.25, 0.3) is 0 Å². The van der Waals surface area contributed by atoms with E-state index in [9.17, 15) is 0 Å². The fraction of sp³-hybridized carbons (Fsp3) is 1.00. The molecule has 17 heavy (non-hydrogen) atoms. The van der Waals surface area contributed by atoms with E-state index in [2.05, 4.69) is 0 Å². The molecule has 10 unspecified atom stereocenters. The number of rotatable bonds is 0. The van der Waals surface area contributed by atoms with Gasteiger partial charge in [-0.15, -0.1) is 0 Å². The minimum absolute atomic E-state index is 0.534. The third-order valence-corrected chi connectivity index (χ3v) is 7.58. The molecule has 0 radical (unpaired) electrons. The highest BCUT2D eigenvalue weighted by molar-refractivity contribution is 5.18. The topological polar surface area (TPSA) is 52.0 Å². The zero-order chi connectivity index (χ0) is 11.3. The zero-order valence-corrected chi connectivity index (χ0v) is 10.5. The van der Waals surface area contributed by atoms with Crippen molar-refractivity contribution in [2.75, 3.05) is 0 Å². The minimum atomic E-state index is 0.534. The maximum absolute atomic E-state index is 6.39. The van der Waals surface area contributed by atoms with E-state index in [1.54, 1.807) is 0 Å². The molecule has 5 rings (SSSR count). The maximum atomic E-state index is 6.39. The summed E-state index contributed by atoms with van der Waals surface area (Å²) >= 11 is 0. The fourth-order valence-electron chi connectivity index (χ4n) is 7.46. The third kappa shape index (κ3) is 0.952. The predicted molar refractivity (Wildman–Crippen MR) is 67.0 cm³/mol. The van der Waals surface area contributed by atoms with Crippen LogP contribution in [0.15, 0.2) is 0 Å². The van der Waals surface area contributed by atoms with E-state index >= 15 is 0 Å². The van der Waals surface area contributed by atoms with Gasteiger partial charge < -0.3 is 11.5 Å². The molecule has 10 atom stereocenters. The molecule has 0 aromatic carbocycles.